The van der Waals surface area contributed by atoms with E-state index in [4.69, 9.17) is 4.74 Å². The largest absolute Gasteiger partial charge is 0.573 e. The number of nitrogens with zero attached hydrogens (tertiary/aromatic N) is 5. The lowest BCUT2D eigenvalue weighted by molar-refractivity contribution is -0.303. The van der Waals surface area contributed by atoms with Crippen LogP contribution in [0.15, 0.2) is 72.9 Å². The van der Waals surface area contributed by atoms with Crippen LogP contribution in [0.4, 0.5) is 23.8 Å². The number of nitrogens with one attached hydrogen (secondary N) is 1. The fraction of sp³-hybridized carbons (Fsp3) is 0.357. The molecule has 13 heteroatoms. The van der Waals surface area contributed by atoms with Gasteiger partial charge in [-0.05, 0) is 31.1 Å². The summed E-state index contributed by atoms with van der Waals surface area (Å²) in [5.41, 5.74) is 2.00. The molecule has 5 rings (SSSR count). The number of carbonyl (C=O) groups is 2. The third-order valence-electron chi connectivity index (χ3n) is 6.89. The van der Waals surface area contributed by atoms with Gasteiger partial charge in [-0.2, -0.15) is 0 Å². The average molecular weight is 571 g/mol. The van der Waals surface area contributed by atoms with E-state index in [1.807, 2.05) is 30.3 Å². The summed E-state index contributed by atoms with van der Waals surface area (Å²) in [7, 11) is 0. The molecule has 1 fully saturated rings. The van der Waals surface area contributed by atoms with E-state index >= 15 is 0 Å². The number of hydrogen-bond acceptors (Lipinski definition) is 7. The Morgan fingerprint density at radius 2 is 1.85 bits per heavy atom. The van der Waals surface area contributed by atoms with Crippen molar-refractivity contribution in [2.75, 3.05) is 31.5 Å². The molecule has 10 nitrogen and oxygen atoms in total. The first-order valence-electron chi connectivity index (χ1n) is 13.1. The maximum absolute atomic E-state index is 13.4. The molecule has 0 saturated carbocycles. The Morgan fingerprint density at radius 3 is 2.54 bits per heavy atom. The van der Waals surface area contributed by atoms with Gasteiger partial charge < -0.3 is 24.6 Å². The highest BCUT2D eigenvalue weighted by atomic mass is 19.4. The average Bonchev–Trinajstić information content (AvgIpc) is 3.34. The zero-order chi connectivity index (χ0) is 29.0. The van der Waals surface area contributed by atoms with Gasteiger partial charge in [-0.1, -0.05) is 36.4 Å². The molecule has 2 aromatic heterocycles. The molecule has 1 aliphatic heterocycles. The highest BCUT2D eigenvalue weighted by Crippen LogP contribution is 2.34. The van der Waals surface area contributed by atoms with Crippen LogP contribution in [0, 0.1) is 0 Å². The minimum absolute atomic E-state index is 0.155. The quantitative estimate of drug-likeness (QED) is 0.447. The van der Waals surface area contributed by atoms with Crippen LogP contribution < -0.4 is 5.32 Å². The van der Waals surface area contributed by atoms with Crippen molar-refractivity contribution >= 4 is 23.5 Å². The molecule has 1 N–H and O–H groups in total. The summed E-state index contributed by atoms with van der Waals surface area (Å²) >= 11 is 0. The van der Waals surface area contributed by atoms with Crippen LogP contribution >= 0.6 is 0 Å². The van der Waals surface area contributed by atoms with E-state index in [2.05, 4.69) is 20.0 Å². The van der Waals surface area contributed by atoms with Crippen LogP contribution in [0.3, 0.4) is 0 Å². The van der Waals surface area contributed by atoms with Crippen molar-refractivity contribution in [1.82, 2.24) is 24.2 Å². The molecule has 2 aliphatic rings. The Labute approximate surface area is 234 Å². The molecule has 41 heavy (non-hydrogen) atoms. The molecule has 1 saturated heterocycles. The number of fused-ring (bicyclic) bond motifs is 1. The molecular weight excluding hydrogens is 541 g/mol. The SMILES string of the molecule is CC(Nc1c(C2C=CC(OC(F)(F)F)=CC2)nc2cnccn12)C(=O)N1CCN(C(=O)OCc2ccccc2)CC1. The summed E-state index contributed by atoms with van der Waals surface area (Å²) in [6.45, 7) is 3.32. The molecule has 1 aliphatic carbocycles. The molecule has 216 valence electrons. The zero-order valence-corrected chi connectivity index (χ0v) is 22.3. The second-order valence-electron chi connectivity index (χ2n) is 9.72. The molecule has 2 unspecified atom stereocenters. The van der Waals surface area contributed by atoms with Gasteiger partial charge >= 0.3 is 12.5 Å². The van der Waals surface area contributed by atoms with Crippen molar-refractivity contribution in [2.45, 2.75) is 38.3 Å². The molecule has 0 bridgehead atoms. The smallest absolute Gasteiger partial charge is 0.445 e. The first-order chi connectivity index (χ1) is 19.7. The summed E-state index contributed by atoms with van der Waals surface area (Å²) in [5, 5.41) is 3.26. The first kappa shape index (κ1) is 28.0. The number of alkyl halides is 3. The molecule has 1 aromatic carbocycles. The Kier molecular flexibility index (Phi) is 8.13. The van der Waals surface area contributed by atoms with Crippen LogP contribution in [0.25, 0.3) is 5.65 Å². The van der Waals surface area contributed by atoms with Gasteiger partial charge in [0, 0.05) is 44.5 Å². The first-order valence-corrected chi connectivity index (χ1v) is 13.1. The van der Waals surface area contributed by atoms with Gasteiger partial charge in [0.15, 0.2) is 5.65 Å². The summed E-state index contributed by atoms with van der Waals surface area (Å²) in [4.78, 5) is 37.9. The van der Waals surface area contributed by atoms with E-state index in [1.54, 1.807) is 45.8 Å². The maximum atomic E-state index is 13.4. The number of halogens is 3. The lowest BCUT2D eigenvalue weighted by Gasteiger charge is -2.35. The van der Waals surface area contributed by atoms with Crippen LogP contribution in [-0.2, 0) is 20.9 Å². The maximum Gasteiger partial charge on any atom is 0.573 e. The number of benzene rings is 1. The van der Waals surface area contributed by atoms with E-state index < -0.39 is 18.5 Å². The third kappa shape index (κ3) is 6.79. The van der Waals surface area contributed by atoms with Crippen molar-refractivity contribution in [3.63, 3.8) is 0 Å². The zero-order valence-electron chi connectivity index (χ0n) is 22.3. The van der Waals surface area contributed by atoms with Crippen molar-refractivity contribution in [3.8, 4) is 0 Å². The number of allylic oxidation sites excluding steroid dienone is 3. The van der Waals surface area contributed by atoms with E-state index in [0.717, 1.165) is 5.56 Å². The number of hydrogen-bond donors (Lipinski definition) is 1. The van der Waals surface area contributed by atoms with Gasteiger partial charge in [-0.15, -0.1) is 13.2 Å². The lowest BCUT2D eigenvalue weighted by atomic mass is 9.96. The number of rotatable bonds is 7. The number of carbonyl (C=O) groups excluding carboxylic acids is 2. The summed E-state index contributed by atoms with van der Waals surface area (Å²) < 4.78 is 49.0. The van der Waals surface area contributed by atoms with Gasteiger partial charge in [-0.3, -0.25) is 14.2 Å². The third-order valence-corrected chi connectivity index (χ3v) is 6.89. The fourth-order valence-electron chi connectivity index (χ4n) is 4.80. The standard InChI is InChI=1S/C28H29F3N6O4/c1-19(26(38)35-13-15-36(16-14-35)27(39)40-18-20-5-3-2-4-6-20)33-25-24(34-23-17-32-11-12-37(23)25)21-7-9-22(10-8-21)41-28(29,30)31/h2-7,9-12,17,19,21,33H,8,13-16,18H2,1H3. The lowest BCUT2D eigenvalue weighted by Crippen LogP contribution is -2.53. The van der Waals surface area contributed by atoms with Gasteiger partial charge in [0.25, 0.3) is 0 Å². The van der Waals surface area contributed by atoms with Gasteiger partial charge in [0.2, 0.25) is 5.91 Å². The molecule has 0 radical (unpaired) electrons. The van der Waals surface area contributed by atoms with Crippen LogP contribution in [-0.4, -0.2) is 74.8 Å². The molecule has 2 amide bonds. The van der Waals surface area contributed by atoms with E-state index in [1.165, 1.54) is 12.2 Å². The normalized spacial score (nSPS) is 18.1. The van der Waals surface area contributed by atoms with Crippen LogP contribution in [0.1, 0.15) is 30.5 Å². The molecular formula is C28H29F3N6O4. The van der Waals surface area contributed by atoms with Crippen molar-refractivity contribution < 1.29 is 32.2 Å². The number of anilines is 1. The van der Waals surface area contributed by atoms with Crippen molar-refractivity contribution in [3.05, 3.63) is 84.2 Å². The van der Waals surface area contributed by atoms with Crippen molar-refractivity contribution in [2.24, 2.45) is 0 Å². The summed E-state index contributed by atoms with van der Waals surface area (Å²) in [6.07, 6.45) is 4.13. The topological polar surface area (TPSA) is 101 Å². The van der Waals surface area contributed by atoms with Gasteiger partial charge in [-0.25, -0.2) is 9.78 Å². The number of amides is 2. The van der Waals surface area contributed by atoms with E-state index in [9.17, 15) is 22.8 Å². The monoisotopic (exact) mass is 570 g/mol. The highest BCUT2D eigenvalue weighted by molar-refractivity contribution is 5.85. The van der Waals surface area contributed by atoms with Crippen LogP contribution in [0.5, 0.6) is 0 Å². The van der Waals surface area contributed by atoms with Gasteiger partial charge in [0.05, 0.1) is 11.9 Å². The summed E-state index contributed by atoms with van der Waals surface area (Å²) in [5.74, 6) is -0.224. The minimum Gasteiger partial charge on any atom is -0.445 e. The number of aromatic nitrogens is 3. The Morgan fingerprint density at radius 1 is 1.12 bits per heavy atom. The summed E-state index contributed by atoms with van der Waals surface area (Å²) in [6, 6.07) is 8.76. The molecule has 2 atom stereocenters. The van der Waals surface area contributed by atoms with Gasteiger partial charge in [0.1, 0.15) is 24.2 Å². The fourth-order valence-corrected chi connectivity index (χ4v) is 4.80. The Hall–Kier alpha value is -4.55. The molecule has 3 aromatic rings. The predicted octanol–water partition coefficient (Wildman–Crippen LogP) is 4.47. The predicted molar refractivity (Wildman–Crippen MR) is 143 cm³/mol. The van der Waals surface area contributed by atoms with E-state index in [-0.39, 0.29) is 30.6 Å². The molecule has 0 spiro atoms. The Bertz CT molecular complexity index is 1450. The minimum atomic E-state index is -4.77. The number of imidazole rings is 1. The van der Waals surface area contributed by atoms with Crippen LogP contribution in [0.2, 0.25) is 0 Å². The highest BCUT2D eigenvalue weighted by Gasteiger charge is 2.33. The number of piperazine rings is 1. The van der Waals surface area contributed by atoms with Crippen molar-refractivity contribution in [1.29, 1.82) is 0 Å². The second kappa shape index (κ2) is 11.9. The Balaban J connectivity index is 1.21. The number of ether oxygens (including phenoxy) is 2. The molecule has 3 heterocycles. The van der Waals surface area contributed by atoms with E-state index in [0.29, 0.717) is 43.3 Å². The second-order valence-corrected chi connectivity index (χ2v) is 9.72.